The van der Waals surface area contributed by atoms with E-state index >= 15 is 0 Å². The minimum atomic E-state index is -0.912. The monoisotopic (exact) mass is 391 g/mol. The number of carboxylic acids is 1. The third-order valence-electron chi connectivity index (χ3n) is 4.97. The summed E-state index contributed by atoms with van der Waals surface area (Å²) in [4.78, 5) is 16.2. The maximum Gasteiger partial charge on any atom is 0.336 e. The third kappa shape index (κ3) is 5.31. The molecule has 0 amide bonds. The van der Waals surface area contributed by atoms with Crippen molar-refractivity contribution in [3.05, 3.63) is 71.3 Å². The molecule has 0 unspecified atom stereocenters. The number of carboxylic acid groups (broad SMARTS) is 1. The van der Waals surface area contributed by atoms with Gasteiger partial charge in [-0.1, -0.05) is 63.2 Å². The van der Waals surface area contributed by atoms with Crippen molar-refractivity contribution in [3.8, 4) is 11.1 Å². The van der Waals surface area contributed by atoms with E-state index in [0.29, 0.717) is 18.0 Å². The Morgan fingerprint density at radius 1 is 1.07 bits per heavy atom. The van der Waals surface area contributed by atoms with Gasteiger partial charge in [0.25, 0.3) is 0 Å². The second-order valence-corrected chi connectivity index (χ2v) is 7.83. The molecule has 0 atom stereocenters. The lowest BCUT2D eigenvalue weighted by Crippen LogP contribution is -2.07. The van der Waals surface area contributed by atoms with Gasteiger partial charge in [-0.25, -0.2) is 14.5 Å². The maximum atomic E-state index is 11.5. The minimum absolute atomic E-state index is 0.316. The predicted molar refractivity (Wildman–Crippen MR) is 115 cm³/mol. The lowest BCUT2D eigenvalue weighted by molar-refractivity contribution is 0.0697. The fraction of sp³-hybridized carbons (Fsp3) is 0.375. The summed E-state index contributed by atoms with van der Waals surface area (Å²) in [5.74, 6) is 1.68. The number of carbonyl (C=O) groups is 1. The quantitative estimate of drug-likeness (QED) is 0.542. The molecule has 2 aromatic carbocycles. The predicted octanol–water partition coefficient (Wildman–Crippen LogP) is 5.23. The molecule has 3 aromatic rings. The van der Waals surface area contributed by atoms with Gasteiger partial charge < -0.3 is 5.11 Å². The molecule has 0 saturated carbocycles. The second-order valence-electron chi connectivity index (χ2n) is 7.83. The van der Waals surface area contributed by atoms with Crippen LogP contribution in [0, 0.1) is 5.92 Å². The first kappa shape index (κ1) is 20.8. The molecular weight excluding hydrogens is 362 g/mol. The Bertz CT molecular complexity index is 959. The highest BCUT2D eigenvalue weighted by molar-refractivity contribution is 5.95. The summed E-state index contributed by atoms with van der Waals surface area (Å²) in [6.07, 6.45) is 3.95. The summed E-state index contributed by atoms with van der Waals surface area (Å²) in [6.45, 7) is 7.26. The van der Waals surface area contributed by atoms with Crippen LogP contribution in [0.25, 0.3) is 11.1 Å². The summed E-state index contributed by atoms with van der Waals surface area (Å²) >= 11 is 0. The van der Waals surface area contributed by atoms with Gasteiger partial charge in [0, 0.05) is 12.8 Å². The first-order valence-corrected chi connectivity index (χ1v) is 10.3. The highest BCUT2D eigenvalue weighted by Gasteiger charge is 2.12. The molecule has 3 rings (SSSR count). The minimum Gasteiger partial charge on any atom is -0.478 e. The van der Waals surface area contributed by atoms with E-state index in [1.807, 2.05) is 41.1 Å². The van der Waals surface area contributed by atoms with Gasteiger partial charge in [0.2, 0.25) is 0 Å². The molecule has 0 bridgehead atoms. The SMILES string of the molecule is CCCc1nc(CCC(C)C)nn1Cc1ccc(-c2ccccc2C(=O)O)cc1. The Labute approximate surface area is 172 Å². The number of nitrogens with zero attached hydrogens (tertiary/aromatic N) is 3. The normalized spacial score (nSPS) is 11.2. The first-order chi connectivity index (χ1) is 14.0. The molecule has 0 radical (unpaired) electrons. The van der Waals surface area contributed by atoms with Gasteiger partial charge in [0.05, 0.1) is 12.1 Å². The molecule has 1 N–H and O–H groups in total. The van der Waals surface area contributed by atoms with Gasteiger partial charge in [0.15, 0.2) is 5.82 Å². The molecule has 29 heavy (non-hydrogen) atoms. The van der Waals surface area contributed by atoms with Gasteiger partial charge in [-0.15, -0.1) is 0 Å². The van der Waals surface area contributed by atoms with Crippen molar-refractivity contribution in [2.75, 3.05) is 0 Å². The summed E-state index contributed by atoms with van der Waals surface area (Å²) in [5, 5.41) is 14.2. The van der Waals surface area contributed by atoms with Gasteiger partial charge in [-0.05, 0) is 41.5 Å². The zero-order valence-electron chi connectivity index (χ0n) is 17.4. The van der Waals surface area contributed by atoms with E-state index < -0.39 is 5.97 Å². The van der Waals surface area contributed by atoms with Crippen molar-refractivity contribution in [3.63, 3.8) is 0 Å². The average molecular weight is 392 g/mol. The van der Waals surface area contributed by atoms with Crippen molar-refractivity contribution in [1.29, 1.82) is 0 Å². The van der Waals surface area contributed by atoms with Crippen LogP contribution in [0.4, 0.5) is 0 Å². The number of benzene rings is 2. The van der Waals surface area contributed by atoms with E-state index in [1.54, 1.807) is 12.1 Å². The van der Waals surface area contributed by atoms with Crippen molar-refractivity contribution < 1.29 is 9.90 Å². The van der Waals surface area contributed by atoms with Crippen LogP contribution in [0.2, 0.25) is 0 Å². The fourth-order valence-electron chi connectivity index (χ4n) is 3.37. The van der Waals surface area contributed by atoms with Gasteiger partial charge in [-0.2, -0.15) is 5.10 Å². The average Bonchev–Trinajstić information content (AvgIpc) is 3.08. The molecule has 1 aromatic heterocycles. The molecule has 0 spiro atoms. The van der Waals surface area contributed by atoms with Crippen molar-refractivity contribution in [1.82, 2.24) is 14.8 Å². The van der Waals surface area contributed by atoms with Crippen LogP contribution in [0.3, 0.4) is 0 Å². The van der Waals surface area contributed by atoms with Crippen LogP contribution in [-0.4, -0.2) is 25.8 Å². The molecule has 152 valence electrons. The van der Waals surface area contributed by atoms with E-state index in [9.17, 15) is 9.90 Å². The molecular formula is C24H29N3O2. The highest BCUT2D eigenvalue weighted by atomic mass is 16.4. The van der Waals surface area contributed by atoms with E-state index in [4.69, 9.17) is 10.1 Å². The number of hydrogen-bond acceptors (Lipinski definition) is 3. The van der Waals surface area contributed by atoms with Gasteiger partial charge in [0.1, 0.15) is 5.82 Å². The Balaban J connectivity index is 1.80. The Morgan fingerprint density at radius 2 is 1.79 bits per heavy atom. The van der Waals surface area contributed by atoms with Crippen LogP contribution >= 0.6 is 0 Å². The molecule has 0 fully saturated rings. The van der Waals surface area contributed by atoms with Crippen LogP contribution in [0.5, 0.6) is 0 Å². The Hall–Kier alpha value is -2.95. The molecule has 1 heterocycles. The summed E-state index contributed by atoms with van der Waals surface area (Å²) < 4.78 is 2.01. The zero-order chi connectivity index (χ0) is 20.8. The van der Waals surface area contributed by atoms with E-state index in [-0.39, 0.29) is 0 Å². The number of rotatable bonds is 9. The highest BCUT2D eigenvalue weighted by Crippen LogP contribution is 2.24. The number of hydrogen-bond donors (Lipinski definition) is 1. The van der Waals surface area contributed by atoms with Crippen LogP contribution in [-0.2, 0) is 19.4 Å². The number of aryl methyl sites for hydroxylation is 2. The van der Waals surface area contributed by atoms with Gasteiger partial charge >= 0.3 is 5.97 Å². The zero-order valence-corrected chi connectivity index (χ0v) is 17.4. The summed E-state index contributed by atoms with van der Waals surface area (Å²) in [7, 11) is 0. The molecule has 0 aliphatic heterocycles. The standard InChI is InChI=1S/C24H29N3O2/c1-4-7-23-25-22(15-10-17(2)3)26-27(23)16-18-11-13-19(14-12-18)20-8-5-6-9-21(20)24(28)29/h5-6,8-9,11-14,17H,4,7,10,15-16H2,1-3H3,(H,28,29). The van der Waals surface area contributed by atoms with Crippen molar-refractivity contribution >= 4 is 5.97 Å². The Morgan fingerprint density at radius 3 is 2.45 bits per heavy atom. The number of aromatic carboxylic acids is 1. The fourth-order valence-corrected chi connectivity index (χ4v) is 3.37. The molecule has 0 aliphatic carbocycles. The van der Waals surface area contributed by atoms with E-state index in [0.717, 1.165) is 54.0 Å². The van der Waals surface area contributed by atoms with Crippen molar-refractivity contribution in [2.24, 2.45) is 5.92 Å². The third-order valence-corrected chi connectivity index (χ3v) is 4.97. The lowest BCUT2D eigenvalue weighted by Gasteiger charge is -2.09. The van der Waals surface area contributed by atoms with Crippen LogP contribution < -0.4 is 0 Å². The summed E-state index contributed by atoms with van der Waals surface area (Å²) in [5.41, 5.74) is 3.07. The van der Waals surface area contributed by atoms with Gasteiger partial charge in [-0.3, -0.25) is 0 Å². The lowest BCUT2D eigenvalue weighted by atomic mass is 9.99. The first-order valence-electron chi connectivity index (χ1n) is 10.3. The van der Waals surface area contributed by atoms with Crippen LogP contribution in [0.15, 0.2) is 48.5 Å². The second kappa shape index (κ2) is 9.50. The molecule has 5 heteroatoms. The molecule has 0 aliphatic rings. The maximum absolute atomic E-state index is 11.5. The van der Waals surface area contributed by atoms with Crippen molar-refractivity contribution in [2.45, 2.75) is 53.0 Å². The van der Waals surface area contributed by atoms with E-state index in [1.165, 1.54) is 0 Å². The summed E-state index contributed by atoms with van der Waals surface area (Å²) in [6, 6.07) is 15.1. The van der Waals surface area contributed by atoms with E-state index in [2.05, 4.69) is 20.8 Å². The topological polar surface area (TPSA) is 68.0 Å². The molecule has 5 nitrogen and oxygen atoms in total. The smallest absolute Gasteiger partial charge is 0.336 e. The van der Waals surface area contributed by atoms with Crippen LogP contribution in [0.1, 0.15) is 61.2 Å². The molecule has 0 saturated heterocycles. The number of aromatic nitrogens is 3. The largest absolute Gasteiger partial charge is 0.478 e. The Kier molecular flexibility index (Phi) is 6.81.